The second-order valence-electron chi connectivity index (χ2n) is 8.96. The van der Waals surface area contributed by atoms with Gasteiger partial charge in [0, 0.05) is 23.1 Å². The molecule has 9 heteroatoms. The van der Waals surface area contributed by atoms with Crippen LogP contribution in [0.4, 0.5) is 14.6 Å². The van der Waals surface area contributed by atoms with E-state index in [1.54, 1.807) is 19.1 Å². The fourth-order valence-corrected chi connectivity index (χ4v) is 4.34. The minimum Gasteiger partial charge on any atom is -0.472 e. The molecule has 2 aromatic heterocycles. The van der Waals surface area contributed by atoms with Gasteiger partial charge in [0.2, 0.25) is 5.88 Å². The van der Waals surface area contributed by atoms with E-state index in [1.807, 2.05) is 6.07 Å². The van der Waals surface area contributed by atoms with Crippen LogP contribution >= 0.6 is 0 Å². The zero-order valence-electron chi connectivity index (χ0n) is 19.0. The van der Waals surface area contributed by atoms with E-state index >= 15 is 0 Å². The van der Waals surface area contributed by atoms with Crippen molar-refractivity contribution in [3.8, 4) is 11.9 Å². The van der Waals surface area contributed by atoms with E-state index in [4.69, 9.17) is 9.47 Å². The van der Waals surface area contributed by atoms with Crippen molar-refractivity contribution in [1.82, 2.24) is 15.0 Å². The summed E-state index contributed by atoms with van der Waals surface area (Å²) >= 11 is 0. The van der Waals surface area contributed by atoms with Crippen LogP contribution in [0.15, 0.2) is 30.6 Å². The summed E-state index contributed by atoms with van der Waals surface area (Å²) in [7, 11) is 0. The van der Waals surface area contributed by atoms with Crippen LogP contribution in [-0.2, 0) is 10.2 Å². The van der Waals surface area contributed by atoms with Gasteiger partial charge in [-0.25, -0.2) is 18.7 Å². The Balaban J connectivity index is 1.53. The summed E-state index contributed by atoms with van der Waals surface area (Å²) in [4.78, 5) is 13.3. The summed E-state index contributed by atoms with van der Waals surface area (Å²) in [6.45, 7) is 4.20. The van der Waals surface area contributed by atoms with Crippen molar-refractivity contribution in [3.63, 3.8) is 0 Å². The highest BCUT2D eigenvalue weighted by Gasteiger charge is 2.48. The van der Waals surface area contributed by atoms with Gasteiger partial charge >= 0.3 is 0 Å². The molecule has 0 radical (unpaired) electrons. The number of nitrogens with zero attached hydrogens (tertiary/aromatic N) is 4. The van der Waals surface area contributed by atoms with Crippen LogP contribution in [0.25, 0.3) is 11.0 Å². The minimum atomic E-state index is -1.41. The predicted molar refractivity (Wildman–Crippen MR) is 122 cm³/mol. The van der Waals surface area contributed by atoms with Crippen LogP contribution in [0.2, 0.25) is 0 Å². The van der Waals surface area contributed by atoms with E-state index in [9.17, 15) is 14.0 Å². The number of ether oxygens (including phenoxy) is 2. The number of rotatable bonds is 7. The molecule has 1 unspecified atom stereocenters. The summed E-state index contributed by atoms with van der Waals surface area (Å²) in [5.41, 5.74) is 0.817. The molecule has 2 aliphatic rings. The van der Waals surface area contributed by atoms with Gasteiger partial charge in [-0.1, -0.05) is 18.2 Å². The molecule has 5 rings (SSSR count). The Morgan fingerprint density at radius 2 is 2.06 bits per heavy atom. The molecule has 3 atom stereocenters. The van der Waals surface area contributed by atoms with Crippen molar-refractivity contribution in [1.29, 1.82) is 5.26 Å². The quantitative estimate of drug-likeness (QED) is 0.519. The molecule has 176 valence electrons. The number of pyridine rings is 1. The van der Waals surface area contributed by atoms with E-state index in [1.165, 1.54) is 19.3 Å². The first-order chi connectivity index (χ1) is 16.4. The molecular weight excluding hydrogens is 440 g/mol. The van der Waals surface area contributed by atoms with Crippen molar-refractivity contribution >= 4 is 16.9 Å². The summed E-state index contributed by atoms with van der Waals surface area (Å²) in [6.07, 6.45) is 2.05. The zero-order valence-corrected chi connectivity index (χ0v) is 19.0. The van der Waals surface area contributed by atoms with E-state index in [-0.39, 0.29) is 11.7 Å². The Hall–Kier alpha value is -3.38. The van der Waals surface area contributed by atoms with Crippen LogP contribution < -0.4 is 10.1 Å². The summed E-state index contributed by atoms with van der Waals surface area (Å²) < 4.78 is 40.3. The van der Waals surface area contributed by atoms with E-state index in [2.05, 4.69) is 26.3 Å². The lowest BCUT2D eigenvalue weighted by molar-refractivity contribution is 0.137. The van der Waals surface area contributed by atoms with Gasteiger partial charge in [0.25, 0.3) is 0 Å². The van der Waals surface area contributed by atoms with Crippen LogP contribution in [0, 0.1) is 17.1 Å². The average molecular weight is 466 g/mol. The molecule has 1 aromatic carbocycles. The monoisotopic (exact) mass is 465 g/mol. The van der Waals surface area contributed by atoms with E-state index in [0.29, 0.717) is 47.1 Å². The molecule has 0 amide bonds. The lowest BCUT2D eigenvalue weighted by Gasteiger charge is -2.20. The number of alkyl halides is 1. The third kappa shape index (κ3) is 4.03. The zero-order chi connectivity index (χ0) is 23.9. The van der Waals surface area contributed by atoms with Gasteiger partial charge in [-0.3, -0.25) is 0 Å². The molecule has 2 fully saturated rings. The fraction of sp³-hybridized carbons (Fsp3) is 0.440. The van der Waals surface area contributed by atoms with Crippen molar-refractivity contribution in [2.45, 2.75) is 56.8 Å². The maximum absolute atomic E-state index is 14.9. The molecular formula is C25H25F2N5O2. The second kappa shape index (κ2) is 8.76. The second-order valence-corrected chi connectivity index (χ2v) is 8.96. The predicted octanol–water partition coefficient (Wildman–Crippen LogP) is 5.09. The normalized spacial score (nSPS) is 20.5. The SMILES string of the molecule is CC(F)c1cccc([C@@H](C)Nc2ncnc3nc(O[C@H]4CCOC4)c(C4(C#N)CC4)cc23)c1F. The molecule has 1 aliphatic heterocycles. The van der Waals surface area contributed by atoms with Gasteiger partial charge in [0.15, 0.2) is 5.65 Å². The molecule has 0 spiro atoms. The number of nitrogens with one attached hydrogen (secondary N) is 1. The van der Waals surface area contributed by atoms with Crippen molar-refractivity contribution in [2.24, 2.45) is 0 Å². The van der Waals surface area contributed by atoms with Crippen LogP contribution in [0.1, 0.15) is 62.0 Å². The van der Waals surface area contributed by atoms with E-state index in [0.717, 1.165) is 19.3 Å². The first kappa shape index (κ1) is 22.4. The Bertz CT molecular complexity index is 1270. The Morgan fingerprint density at radius 1 is 1.26 bits per heavy atom. The fourth-order valence-electron chi connectivity index (χ4n) is 4.34. The highest BCUT2D eigenvalue weighted by Crippen LogP contribution is 2.51. The molecule has 7 nitrogen and oxygen atoms in total. The Morgan fingerprint density at radius 3 is 2.74 bits per heavy atom. The number of halogens is 2. The lowest BCUT2D eigenvalue weighted by Crippen LogP contribution is -2.19. The third-order valence-electron chi connectivity index (χ3n) is 6.54. The van der Waals surface area contributed by atoms with Gasteiger partial charge in [0.05, 0.1) is 36.1 Å². The molecule has 3 aromatic rings. The maximum atomic E-state index is 14.9. The Labute approximate surface area is 196 Å². The van der Waals surface area contributed by atoms with Gasteiger partial charge in [-0.15, -0.1) is 0 Å². The maximum Gasteiger partial charge on any atom is 0.220 e. The molecule has 1 aliphatic carbocycles. The number of benzene rings is 1. The number of anilines is 1. The molecule has 34 heavy (non-hydrogen) atoms. The highest BCUT2D eigenvalue weighted by molar-refractivity contribution is 5.88. The third-order valence-corrected chi connectivity index (χ3v) is 6.54. The number of aromatic nitrogens is 3. The van der Waals surface area contributed by atoms with Crippen LogP contribution in [-0.4, -0.2) is 34.3 Å². The first-order valence-electron chi connectivity index (χ1n) is 11.4. The van der Waals surface area contributed by atoms with Crippen molar-refractivity contribution in [2.75, 3.05) is 18.5 Å². The number of hydrogen-bond acceptors (Lipinski definition) is 7. The average Bonchev–Trinajstić information content (AvgIpc) is 3.46. The van der Waals surface area contributed by atoms with Crippen molar-refractivity contribution in [3.05, 3.63) is 53.1 Å². The molecule has 1 saturated heterocycles. The number of fused-ring (bicyclic) bond motifs is 1. The first-order valence-corrected chi connectivity index (χ1v) is 11.4. The number of nitriles is 1. The van der Waals surface area contributed by atoms with Gasteiger partial charge < -0.3 is 14.8 Å². The standard InChI is InChI=1S/C25H25F2N5O2/c1-14(26)17-4-3-5-18(21(17)27)15(2)31-22-19-10-20(25(12-28)7-8-25)24(32-23(19)30-13-29-22)34-16-6-9-33-11-16/h3-5,10,13-16H,6-9,11H2,1-2H3,(H,29,30,31,32)/t14?,15-,16+/m1/s1. The summed E-state index contributed by atoms with van der Waals surface area (Å²) in [5.74, 6) is 0.273. The molecule has 3 heterocycles. The van der Waals surface area contributed by atoms with Crippen molar-refractivity contribution < 1.29 is 18.3 Å². The molecule has 0 bridgehead atoms. The summed E-state index contributed by atoms with van der Waals surface area (Å²) in [5, 5.41) is 13.7. The molecule has 1 saturated carbocycles. The lowest BCUT2D eigenvalue weighted by atomic mass is 9.97. The van der Waals surface area contributed by atoms with Gasteiger partial charge in [0.1, 0.15) is 30.2 Å². The smallest absolute Gasteiger partial charge is 0.220 e. The van der Waals surface area contributed by atoms with Gasteiger partial charge in [-0.2, -0.15) is 10.2 Å². The van der Waals surface area contributed by atoms with Crippen LogP contribution in [0.3, 0.4) is 0 Å². The highest BCUT2D eigenvalue weighted by atomic mass is 19.1. The van der Waals surface area contributed by atoms with Gasteiger partial charge in [-0.05, 0) is 32.8 Å². The number of hydrogen-bond donors (Lipinski definition) is 1. The van der Waals surface area contributed by atoms with E-state index < -0.39 is 23.4 Å². The topological polar surface area (TPSA) is 93.0 Å². The van der Waals surface area contributed by atoms with Crippen LogP contribution in [0.5, 0.6) is 5.88 Å². The largest absolute Gasteiger partial charge is 0.472 e. The summed E-state index contributed by atoms with van der Waals surface area (Å²) in [6, 6.07) is 8.47. The molecule has 1 N–H and O–H groups in total. The Kier molecular flexibility index (Phi) is 5.78. The minimum absolute atomic E-state index is 0.0185.